The summed E-state index contributed by atoms with van der Waals surface area (Å²) in [5.74, 6) is 0. The van der Waals surface area contributed by atoms with Crippen molar-refractivity contribution in [1.29, 1.82) is 0 Å². The van der Waals surface area contributed by atoms with E-state index < -0.39 is 0 Å². The zero-order valence-electron chi connectivity index (χ0n) is 34.5. The minimum atomic E-state index is 0.898. The van der Waals surface area contributed by atoms with Crippen LogP contribution < -0.4 is 0 Å². The molecule has 0 bridgehead atoms. The van der Waals surface area contributed by atoms with Crippen LogP contribution in [0.25, 0.3) is 132 Å². The Bertz CT molecular complexity index is 4210. The second-order valence-electron chi connectivity index (χ2n) is 16.9. The van der Waals surface area contributed by atoms with Gasteiger partial charge in [0.15, 0.2) is 0 Å². The van der Waals surface area contributed by atoms with Crippen molar-refractivity contribution < 1.29 is 8.83 Å². The monoisotopic (exact) mass is 816 g/mol. The van der Waals surface area contributed by atoms with Gasteiger partial charge in [-0.3, -0.25) is 0 Å². The molecule has 0 atom stereocenters. The van der Waals surface area contributed by atoms with E-state index >= 15 is 0 Å². The maximum absolute atomic E-state index is 6.31. The van der Waals surface area contributed by atoms with Crippen LogP contribution >= 0.6 is 0 Å². The molecule has 64 heavy (non-hydrogen) atoms. The van der Waals surface area contributed by atoms with E-state index in [1.807, 2.05) is 24.3 Å². The number of hydrogen-bond acceptors (Lipinski definition) is 2. The van der Waals surface area contributed by atoms with E-state index in [9.17, 15) is 0 Å². The van der Waals surface area contributed by atoms with Gasteiger partial charge in [-0.1, -0.05) is 133 Å². The van der Waals surface area contributed by atoms with E-state index in [-0.39, 0.29) is 0 Å². The third kappa shape index (κ3) is 5.17. The summed E-state index contributed by atoms with van der Waals surface area (Å²) in [6.45, 7) is 0. The minimum Gasteiger partial charge on any atom is -0.456 e. The molecule has 0 saturated heterocycles. The lowest BCUT2D eigenvalue weighted by Gasteiger charge is -2.12. The van der Waals surface area contributed by atoms with Crippen LogP contribution in [0.2, 0.25) is 0 Å². The molecule has 0 saturated carbocycles. The van der Waals surface area contributed by atoms with E-state index in [4.69, 9.17) is 8.83 Å². The number of hydrogen-bond donors (Lipinski definition) is 0. The lowest BCUT2D eigenvalue weighted by molar-refractivity contribution is 0.668. The highest BCUT2D eigenvalue weighted by Gasteiger charge is 2.19. The van der Waals surface area contributed by atoms with Gasteiger partial charge in [0, 0.05) is 54.5 Å². The summed E-state index contributed by atoms with van der Waals surface area (Å²) < 4.78 is 17.4. The molecule has 4 heterocycles. The highest BCUT2D eigenvalue weighted by molar-refractivity contribution is 6.17. The molecule has 0 spiro atoms. The molecule has 0 aliphatic carbocycles. The van der Waals surface area contributed by atoms with Crippen molar-refractivity contribution >= 4 is 87.5 Å². The van der Waals surface area contributed by atoms with Crippen LogP contribution in [0.5, 0.6) is 0 Å². The standard InChI is InChI=1S/C60H36N2O2/c1-5-21-52-45(16-1)46-29-28-41(34-55(46)62(52)43-15-10-13-38(33-43)40-27-31-50-48-18-4-8-25-57(48)64-59(50)36-40)44-20-11-23-54-60(44)51-19-2-6-22-53(51)61(54)42-14-9-12-37(32-42)39-26-30-49-47-17-3-7-24-56(47)63-58(49)35-39/h1-36H. The molecule has 0 radical (unpaired) electrons. The van der Waals surface area contributed by atoms with Crippen molar-refractivity contribution in [3.63, 3.8) is 0 Å². The molecule has 4 heteroatoms. The van der Waals surface area contributed by atoms with Crippen molar-refractivity contribution in [3.05, 3.63) is 218 Å². The van der Waals surface area contributed by atoms with Crippen molar-refractivity contribution in [2.24, 2.45) is 0 Å². The highest BCUT2D eigenvalue weighted by atomic mass is 16.3. The van der Waals surface area contributed by atoms with Crippen LogP contribution in [0.3, 0.4) is 0 Å². The Morgan fingerprint density at radius 3 is 1.33 bits per heavy atom. The van der Waals surface area contributed by atoms with Crippen molar-refractivity contribution in [1.82, 2.24) is 9.13 Å². The van der Waals surface area contributed by atoms with E-state index in [0.29, 0.717) is 0 Å². The first-order valence-electron chi connectivity index (χ1n) is 21.8. The lowest BCUT2D eigenvalue weighted by Crippen LogP contribution is -1.95. The van der Waals surface area contributed by atoms with Crippen LogP contribution in [-0.2, 0) is 0 Å². The van der Waals surface area contributed by atoms with Crippen molar-refractivity contribution in [3.8, 4) is 44.8 Å². The van der Waals surface area contributed by atoms with Gasteiger partial charge in [0.05, 0.1) is 22.1 Å². The molecule has 298 valence electrons. The normalized spacial score (nSPS) is 12.1. The summed E-state index contributed by atoms with van der Waals surface area (Å²) in [5.41, 5.74) is 17.4. The first-order chi connectivity index (χ1) is 31.7. The van der Waals surface area contributed by atoms with Gasteiger partial charge in [0.25, 0.3) is 0 Å². The zero-order chi connectivity index (χ0) is 41.9. The average molecular weight is 817 g/mol. The molecule has 0 aliphatic rings. The van der Waals surface area contributed by atoms with Crippen molar-refractivity contribution in [2.75, 3.05) is 0 Å². The Morgan fingerprint density at radius 1 is 0.250 bits per heavy atom. The molecule has 10 aromatic carbocycles. The van der Waals surface area contributed by atoms with Gasteiger partial charge in [-0.05, 0) is 118 Å². The summed E-state index contributed by atoms with van der Waals surface area (Å²) in [6.07, 6.45) is 0. The third-order valence-electron chi connectivity index (χ3n) is 13.3. The predicted octanol–water partition coefficient (Wildman–Crippen LogP) is 16.7. The molecular formula is C60H36N2O2. The molecule has 0 N–H and O–H groups in total. The number of benzene rings is 10. The molecule has 4 aromatic heterocycles. The SMILES string of the molecule is c1cc(-c2ccc3c(c2)oc2ccccc23)cc(-n2c3ccccc3c3ccc(-c4cccc5c4c4ccccc4n5-c4cccc(-c5ccc6c(c5)oc5ccccc56)c4)cc32)c1. The Labute approximate surface area is 367 Å². The van der Waals surface area contributed by atoms with Crippen LogP contribution in [-0.4, -0.2) is 9.13 Å². The second-order valence-corrected chi connectivity index (χ2v) is 16.9. The van der Waals surface area contributed by atoms with E-state index in [1.54, 1.807) is 0 Å². The van der Waals surface area contributed by atoms with Crippen LogP contribution in [0.15, 0.2) is 227 Å². The maximum atomic E-state index is 6.31. The molecule has 0 fully saturated rings. The van der Waals surface area contributed by atoms with E-state index in [1.165, 1.54) is 54.7 Å². The van der Waals surface area contributed by atoms with Gasteiger partial charge >= 0.3 is 0 Å². The Morgan fingerprint density at radius 2 is 0.688 bits per heavy atom. The van der Waals surface area contributed by atoms with Gasteiger partial charge in [-0.15, -0.1) is 0 Å². The Hall–Kier alpha value is -8.60. The smallest absolute Gasteiger partial charge is 0.136 e. The van der Waals surface area contributed by atoms with Crippen molar-refractivity contribution in [2.45, 2.75) is 0 Å². The molecule has 14 rings (SSSR count). The van der Waals surface area contributed by atoms with Gasteiger partial charge < -0.3 is 18.0 Å². The molecule has 0 aliphatic heterocycles. The fourth-order valence-electron chi connectivity index (χ4n) is 10.4. The highest BCUT2D eigenvalue weighted by Crippen LogP contribution is 2.42. The zero-order valence-corrected chi connectivity index (χ0v) is 34.5. The van der Waals surface area contributed by atoms with E-state index in [0.717, 1.165) is 77.5 Å². The molecule has 14 aromatic rings. The first kappa shape index (κ1) is 35.0. The number of fused-ring (bicyclic) bond motifs is 12. The van der Waals surface area contributed by atoms with E-state index in [2.05, 4.69) is 203 Å². The third-order valence-corrected chi connectivity index (χ3v) is 13.3. The maximum Gasteiger partial charge on any atom is 0.136 e. The molecule has 4 nitrogen and oxygen atoms in total. The van der Waals surface area contributed by atoms with Gasteiger partial charge in [-0.25, -0.2) is 0 Å². The topological polar surface area (TPSA) is 36.1 Å². The average Bonchev–Trinajstić information content (AvgIpc) is 4.11. The first-order valence-corrected chi connectivity index (χ1v) is 21.8. The molecule has 0 unspecified atom stereocenters. The van der Waals surface area contributed by atoms with Gasteiger partial charge in [0.1, 0.15) is 22.3 Å². The quantitative estimate of drug-likeness (QED) is 0.173. The fraction of sp³-hybridized carbons (Fsp3) is 0. The fourth-order valence-corrected chi connectivity index (χ4v) is 10.4. The predicted molar refractivity (Wildman–Crippen MR) is 266 cm³/mol. The van der Waals surface area contributed by atoms with Crippen LogP contribution in [0, 0.1) is 0 Å². The van der Waals surface area contributed by atoms with Gasteiger partial charge in [0.2, 0.25) is 0 Å². The Balaban J connectivity index is 0.916. The summed E-state index contributed by atoms with van der Waals surface area (Å²) in [4.78, 5) is 0. The second kappa shape index (κ2) is 13.4. The van der Waals surface area contributed by atoms with Crippen LogP contribution in [0.4, 0.5) is 0 Å². The summed E-state index contributed by atoms with van der Waals surface area (Å²) in [5, 5.41) is 9.45. The summed E-state index contributed by atoms with van der Waals surface area (Å²) in [6, 6.07) is 78.7. The number of rotatable bonds is 5. The minimum absolute atomic E-state index is 0.898. The number of para-hydroxylation sites is 4. The molecule has 0 amide bonds. The van der Waals surface area contributed by atoms with Gasteiger partial charge in [-0.2, -0.15) is 0 Å². The summed E-state index contributed by atoms with van der Waals surface area (Å²) >= 11 is 0. The number of furan rings is 2. The van der Waals surface area contributed by atoms with Crippen LogP contribution in [0.1, 0.15) is 0 Å². The number of nitrogens with zero attached hydrogens (tertiary/aromatic N) is 2. The summed E-state index contributed by atoms with van der Waals surface area (Å²) in [7, 11) is 0. The Kier molecular flexibility index (Phi) is 7.36. The largest absolute Gasteiger partial charge is 0.456 e. The molecular weight excluding hydrogens is 781 g/mol. The lowest BCUT2D eigenvalue weighted by atomic mass is 9.98. The number of aromatic nitrogens is 2.